The number of pyridine rings is 1. The topological polar surface area (TPSA) is 38.6 Å². The molecule has 0 radical (unpaired) electrons. The Labute approximate surface area is 114 Å². The van der Waals surface area contributed by atoms with Crippen LogP contribution in [0, 0.1) is 5.82 Å². The summed E-state index contributed by atoms with van der Waals surface area (Å²) in [5, 5.41) is 7.26. The molecule has 0 aliphatic carbocycles. The van der Waals surface area contributed by atoms with Gasteiger partial charge < -0.3 is 10.1 Å². The van der Waals surface area contributed by atoms with E-state index in [4.69, 9.17) is 4.74 Å². The minimum Gasteiger partial charge on any atom is -0.490 e. The number of rotatable bonds is 1. The lowest BCUT2D eigenvalue weighted by Gasteiger charge is -2.20. The average Bonchev–Trinajstić information content (AvgIpc) is 2.94. The third kappa shape index (κ3) is 1.71. The van der Waals surface area contributed by atoms with E-state index in [-0.39, 0.29) is 5.82 Å². The predicted octanol–water partition coefficient (Wildman–Crippen LogP) is 2.94. The number of anilines is 1. The lowest BCUT2D eigenvalue weighted by atomic mass is 10.0. The molecule has 5 heteroatoms. The monoisotopic (exact) mass is 269 g/mol. The van der Waals surface area contributed by atoms with E-state index in [1.54, 1.807) is 16.8 Å². The van der Waals surface area contributed by atoms with Crippen molar-refractivity contribution in [3.05, 3.63) is 48.5 Å². The fraction of sp³-hybridized carbons (Fsp3) is 0.133. The molecule has 3 heterocycles. The fourth-order valence-corrected chi connectivity index (χ4v) is 2.47. The number of benzene rings is 1. The highest BCUT2D eigenvalue weighted by Crippen LogP contribution is 2.35. The zero-order valence-corrected chi connectivity index (χ0v) is 10.6. The molecule has 4 nitrogen and oxygen atoms in total. The molecule has 0 atom stereocenters. The predicted molar refractivity (Wildman–Crippen MR) is 74.6 cm³/mol. The van der Waals surface area contributed by atoms with E-state index in [9.17, 15) is 4.39 Å². The molecule has 4 rings (SSSR count). The lowest BCUT2D eigenvalue weighted by Crippen LogP contribution is -2.18. The van der Waals surface area contributed by atoms with Gasteiger partial charge in [0.1, 0.15) is 18.2 Å². The number of halogens is 1. The smallest absolute Gasteiger partial charge is 0.143 e. The number of aromatic nitrogens is 2. The van der Waals surface area contributed by atoms with Gasteiger partial charge in [-0.05, 0) is 29.8 Å². The van der Waals surface area contributed by atoms with E-state index in [0.717, 1.165) is 11.1 Å². The molecule has 0 amide bonds. The molecule has 0 unspecified atom stereocenters. The van der Waals surface area contributed by atoms with Gasteiger partial charge in [0.15, 0.2) is 0 Å². The van der Waals surface area contributed by atoms with E-state index in [1.165, 1.54) is 6.07 Å². The first-order valence-electron chi connectivity index (χ1n) is 6.45. The summed E-state index contributed by atoms with van der Waals surface area (Å²) in [7, 11) is 0. The van der Waals surface area contributed by atoms with Crippen LogP contribution in [0.5, 0.6) is 5.75 Å². The van der Waals surface area contributed by atoms with Gasteiger partial charge in [-0.1, -0.05) is 0 Å². The van der Waals surface area contributed by atoms with Crippen LogP contribution in [0.15, 0.2) is 42.7 Å². The molecule has 1 N–H and O–H groups in total. The van der Waals surface area contributed by atoms with Crippen LogP contribution >= 0.6 is 0 Å². The summed E-state index contributed by atoms with van der Waals surface area (Å²) in [5.41, 5.74) is 2.99. The van der Waals surface area contributed by atoms with Crippen molar-refractivity contribution in [1.82, 2.24) is 9.61 Å². The SMILES string of the molecule is Fc1cc2c(cc1-c1ccn3nccc3c1)OCCN2. The summed E-state index contributed by atoms with van der Waals surface area (Å²) in [6, 6.07) is 8.89. The van der Waals surface area contributed by atoms with Crippen LogP contribution in [-0.2, 0) is 0 Å². The second-order valence-electron chi connectivity index (χ2n) is 4.72. The lowest BCUT2D eigenvalue weighted by molar-refractivity contribution is 0.323. The molecule has 1 aromatic carbocycles. The third-order valence-electron chi connectivity index (χ3n) is 3.45. The van der Waals surface area contributed by atoms with Crippen molar-refractivity contribution in [2.24, 2.45) is 0 Å². The molecule has 20 heavy (non-hydrogen) atoms. The zero-order valence-electron chi connectivity index (χ0n) is 10.6. The maximum absolute atomic E-state index is 14.3. The van der Waals surface area contributed by atoms with Crippen LogP contribution in [0.4, 0.5) is 10.1 Å². The molecule has 0 bridgehead atoms. The Hall–Kier alpha value is -2.56. The molecule has 0 fully saturated rings. The molecule has 0 spiro atoms. The Balaban J connectivity index is 1.88. The highest BCUT2D eigenvalue weighted by Gasteiger charge is 2.15. The molecule has 0 saturated heterocycles. The summed E-state index contributed by atoms with van der Waals surface area (Å²) in [4.78, 5) is 0. The number of nitrogens with zero attached hydrogens (tertiary/aromatic N) is 2. The summed E-state index contributed by atoms with van der Waals surface area (Å²) in [6.45, 7) is 1.30. The van der Waals surface area contributed by atoms with Crippen LogP contribution < -0.4 is 10.1 Å². The van der Waals surface area contributed by atoms with Crippen molar-refractivity contribution in [3.8, 4) is 16.9 Å². The van der Waals surface area contributed by atoms with E-state index in [1.807, 2.05) is 24.4 Å². The van der Waals surface area contributed by atoms with E-state index in [0.29, 0.717) is 30.2 Å². The average molecular weight is 269 g/mol. The van der Waals surface area contributed by atoms with Gasteiger partial charge in [-0.15, -0.1) is 0 Å². The van der Waals surface area contributed by atoms with Crippen molar-refractivity contribution in [3.63, 3.8) is 0 Å². The van der Waals surface area contributed by atoms with Crippen LogP contribution in [0.1, 0.15) is 0 Å². The third-order valence-corrected chi connectivity index (χ3v) is 3.45. The Kier molecular flexibility index (Phi) is 2.39. The van der Waals surface area contributed by atoms with Crippen molar-refractivity contribution in [2.45, 2.75) is 0 Å². The van der Waals surface area contributed by atoms with Gasteiger partial charge in [-0.3, -0.25) is 0 Å². The number of nitrogens with one attached hydrogen (secondary N) is 1. The van der Waals surface area contributed by atoms with Gasteiger partial charge in [0.2, 0.25) is 0 Å². The summed E-state index contributed by atoms with van der Waals surface area (Å²) in [5.74, 6) is 0.437. The van der Waals surface area contributed by atoms with Crippen LogP contribution in [0.25, 0.3) is 16.6 Å². The van der Waals surface area contributed by atoms with Crippen LogP contribution in [-0.4, -0.2) is 22.8 Å². The van der Waals surface area contributed by atoms with Crippen molar-refractivity contribution >= 4 is 11.2 Å². The largest absolute Gasteiger partial charge is 0.490 e. The Morgan fingerprint density at radius 3 is 3.15 bits per heavy atom. The number of hydrogen-bond acceptors (Lipinski definition) is 3. The number of hydrogen-bond donors (Lipinski definition) is 1. The normalized spacial score (nSPS) is 13.7. The number of fused-ring (bicyclic) bond motifs is 2. The minimum absolute atomic E-state index is 0.259. The molecule has 0 saturated carbocycles. The summed E-state index contributed by atoms with van der Waals surface area (Å²) < 4.78 is 21.6. The van der Waals surface area contributed by atoms with Gasteiger partial charge in [-0.25, -0.2) is 8.91 Å². The Bertz CT molecular complexity index is 797. The first kappa shape index (κ1) is 11.3. The maximum atomic E-state index is 14.3. The van der Waals surface area contributed by atoms with E-state index in [2.05, 4.69) is 10.4 Å². The van der Waals surface area contributed by atoms with Gasteiger partial charge in [-0.2, -0.15) is 5.10 Å². The van der Waals surface area contributed by atoms with Gasteiger partial charge in [0.25, 0.3) is 0 Å². The highest BCUT2D eigenvalue weighted by molar-refractivity contribution is 5.74. The Morgan fingerprint density at radius 2 is 2.20 bits per heavy atom. The van der Waals surface area contributed by atoms with E-state index < -0.39 is 0 Å². The van der Waals surface area contributed by atoms with Crippen molar-refractivity contribution in [1.29, 1.82) is 0 Å². The summed E-state index contributed by atoms with van der Waals surface area (Å²) in [6.07, 6.45) is 3.54. The first-order chi connectivity index (χ1) is 9.81. The standard InChI is InChI=1S/C15H12FN3O/c16-13-9-14-15(20-6-4-17-14)8-12(13)10-2-5-19-11(7-10)1-3-18-19/h1-3,5,7-9,17H,4,6H2. The second kappa shape index (κ2) is 4.23. The van der Waals surface area contributed by atoms with Gasteiger partial charge >= 0.3 is 0 Å². The molecule has 100 valence electrons. The highest BCUT2D eigenvalue weighted by atomic mass is 19.1. The minimum atomic E-state index is -0.259. The molecule has 1 aliphatic heterocycles. The Morgan fingerprint density at radius 1 is 1.25 bits per heavy atom. The van der Waals surface area contributed by atoms with Crippen molar-refractivity contribution in [2.75, 3.05) is 18.5 Å². The maximum Gasteiger partial charge on any atom is 0.143 e. The zero-order chi connectivity index (χ0) is 13.5. The van der Waals surface area contributed by atoms with Gasteiger partial charge in [0.05, 0.1) is 11.2 Å². The molecule has 1 aliphatic rings. The molecular weight excluding hydrogens is 257 g/mol. The van der Waals surface area contributed by atoms with E-state index >= 15 is 0 Å². The molecule has 3 aromatic rings. The number of ether oxygens (including phenoxy) is 1. The summed E-state index contributed by atoms with van der Waals surface area (Å²) >= 11 is 0. The quantitative estimate of drug-likeness (QED) is 0.738. The first-order valence-corrected chi connectivity index (χ1v) is 6.45. The second-order valence-corrected chi connectivity index (χ2v) is 4.72. The van der Waals surface area contributed by atoms with Crippen LogP contribution in [0.2, 0.25) is 0 Å². The molecular formula is C15H12FN3O. The van der Waals surface area contributed by atoms with Gasteiger partial charge in [0, 0.05) is 30.6 Å². The molecule has 2 aromatic heterocycles. The van der Waals surface area contributed by atoms with Crippen LogP contribution in [0.3, 0.4) is 0 Å². The van der Waals surface area contributed by atoms with Crippen molar-refractivity contribution < 1.29 is 9.13 Å². The fourth-order valence-electron chi connectivity index (χ4n) is 2.47.